The number of amides is 5. The minimum Gasteiger partial charge on any atom is -0.462 e. The number of carbonyl (C=O) groups excluding carboxylic acids is 15. The average Bonchev–Trinajstić information content (AvgIpc) is 0.822. The van der Waals surface area contributed by atoms with E-state index in [2.05, 4.69) is 41.3 Å². The van der Waals surface area contributed by atoms with Crippen LogP contribution in [0.4, 0.5) is 0 Å². The van der Waals surface area contributed by atoms with Gasteiger partial charge in [0.15, 0.2) is 36.6 Å². The average molecular weight is 1810 g/mol. The van der Waals surface area contributed by atoms with Gasteiger partial charge in [-0.2, -0.15) is 0 Å². The summed E-state index contributed by atoms with van der Waals surface area (Å²) >= 11 is 0. The van der Waals surface area contributed by atoms with E-state index in [9.17, 15) is 92.0 Å². The highest BCUT2D eigenvalue weighted by molar-refractivity contribution is 6.46. The van der Waals surface area contributed by atoms with E-state index >= 15 is 0 Å². The van der Waals surface area contributed by atoms with Gasteiger partial charge in [-0.1, -0.05) is 141 Å². The van der Waals surface area contributed by atoms with Gasteiger partial charge in [-0.3, -0.25) is 71.9 Å². The Hall–Kier alpha value is -8.01. The molecule has 0 saturated carbocycles. The molecule has 127 heavy (non-hydrogen) atoms. The van der Waals surface area contributed by atoms with E-state index in [0.717, 1.165) is 209 Å². The molecule has 0 rings (SSSR count). The lowest BCUT2D eigenvalue weighted by Gasteiger charge is -2.35. The van der Waals surface area contributed by atoms with E-state index < -0.39 is 206 Å². The zero-order valence-electron chi connectivity index (χ0n) is 78.6. The normalized spacial score (nSPS) is 13.0. The van der Waals surface area contributed by atoms with Crippen LogP contribution in [-0.4, -0.2) is 293 Å². The fourth-order valence-corrected chi connectivity index (χ4v) is 14.3. The lowest BCUT2D eigenvalue weighted by atomic mass is 9.80. The number of unbranched alkanes of at least 4 members (excludes halogenated alkanes) is 25. The van der Waals surface area contributed by atoms with E-state index in [1.807, 2.05) is 13.6 Å². The predicted octanol–water partition coefficient (Wildman–Crippen LogP) is 5.57. The summed E-state index contributed by atoms with van der Waals surface area (Å²) in [7, 11) is -2.31. The predicted molar refractivity (Wildman–Crippen MR) is 477 cm³/mol. The van der Waals surface area contributed by atoms with Crippen molar-refractivity contribution in [2.75, 3.05) is 91.8 Å². The molecular weight excluding hydrogens is 1650 g/mol. The van der Waals surface area contributed by atoms with Crippen LogP contribution in [0.15, 0.2) is 0 Å². The molecule has 0 aromatic rings. The molecule has 0 bridgehead atoms. The molecule has 42 heteroatoms. The molecule has 5 amide bonds. The van der Waals surface area contributed by atoms with Gasteiger partial charge in [0.25, 0.3) is 11.8 Å². The fourth-order valence-electron chi connectivity index (χ4n) is 14.3. The maximum Gasteiger partial charge on any atom is 0.376 e. The van der Waals surface area contributed by atoms with Crippen molar-refractivity contribution in [2.24, 2.45) is 5.92 Å². The summed E-state index contributed by atoms with van der Waals surface area (Å²) < 4.78 is 52.7. The van der Waals surface area contributed by atoms with Crippen LogP contribution in [0.2, 0.25) is 27.3 Å². The fraction of sp³-hybridized carbons (Fsp3) is 0.824. The van der Waals surface area contributed by atoms with Crippen LogP contribution in [0.3, 0.4) is 0 Å². The SMILES string of the molecule is CB(O)NCCCCN(CC(CCCCCCNC(=O)CCCCCCCCCCCCCCCCCCCCCCCNC(=O)CCC(=O)N(CCNC(=O)[C@@H](OC(C)=O)[C@@H](OC(C)=O)[C@@H](OC(C)=O)[C@@H](COC(C)=O)OC(C)=O)CCNC(=O)[C@H](OC(C)=O)[C@@H](OC(C)=O)[C@H](OC(C)=O)[C@H](COC(C)=O)OC(C)=O)CN(CCCCNB(C)O)B(C)O)B(C)O. The number of ether oxygens (including phenoxy) is 10. The minimum absolute atomic E-state index is 0.128. The molecule has 8 atom stereocenters. The number of nitrogens with one attached hydrogen (secondary N) is 6. The number of rotatable bonds is 78. The van der Waals surface area contributed by atoms with Gasteiger partial charge in [-0.25, -0.2) is 0 Å². The summed E-state index contributed by atoms with van der Waals surface area (Å²) in [4.78, 5) is 198. The molecule has 0 fully saturated rings. The molecule has 0 heterocycles. The third-order valence-electron chi connectivity index (χ3n) is 20.5. The third-order valence-corrected chi connectivity index (χ3v) is 20.5. The van der Waals surface area contributed by atoms with Crippen LogP contribution in [0.5, 0.6) is 0 Å². The van der Waals surface area contributed by atoms with Crippen LogP contribution in [0.25, 0.3) is 0 Å². The molecule has 10 N–H and O–H groups in total. The van der Waals surface area contributed by atoms with Gasteiger partial charge in [0.2, 0.25) is 29.9 Å². The van der Waals surface area contributed by atoms with Crippen molar-refractivity contribution in [2.45, 2.75) is 357 Å². The Morgan fingerprint density at radius 3 is 0.890 bits per heavy atom. The van der Waals surface area contributed by atoms with Crippen molar-refractivity contribution < 1.29 is 139 Å². The van der Waals surface area contributed by atoms with E-state index in [1.54, 1.807) is 13.6 Å². The van der Waals surface area contributed by atoms with Crippen LogP contribution in [0, 0.1) is 5.92 Å². The van der Waals surface area contributed by atoms with E-state index in [1.165, 1.54) is 77.0 Å². The molecule has 0 aliphatic rings. The van der Waals surface area contributed by atoms with Gasteiger partial charge >= 0.3 is 87.9 Å². The van der Waals surface area contributed by atoms with Gasteiger partial charge < -0.3 is 114 Å². The summed E-state index contributed by atoms with van der Waals surface area (Å²) in [6.45, 7) is 18.1. The number of esters is 10. The number of hydrogen-bond donors (Lipinski definition) is 10. The van der Waals surface area contributed by atoms with Gasteiger partial charge in [-0.05, 0) is 124 Å². The van der Waals surface area contributed by atoms with Gasteiger partial charge in [0.05, 0.1) is 0 Å². The Bertz CT molecular complexity index is 3030. The zero-order valence-corrected chi connectivity index (χ0v) is 78.6. The highest BCUT2D eigenvalue weighted by atomic mass is 16.7. The summed E-state index contributed by atoms with van der Waals surface area (Å²) in [5.74, 6) is -13.7. The first-order valence-corrected chi connectivity index (χ1v) is 45.9. The summed E-state index contributed by atoms with van der Waals surface area (Å²) in [6.07, 6.45) is 16.0. The molecule has 0 saturated heterocycles. The molecule has 38 nitrogen and oxygen atoms in total. The second-order valence-electron chi connectivity index (χ2n) is 32.6. The molecule has 0 aromatic carbocycles. The van der Waals surface area contributed by atoms with Crippen LogP contribution < -0.4 is 31.7 Å². The van der Waals surface area contributed by atoms with Crippen molar-refractivity contribution >= 4 is 117 Å². The van der Waals surface area contributed by atoms with Crippen molar-refractivity contribution in [1.29, 1.82) is 0 Å². The number of hydrogen-bond acceptors (Lipinski definition) is 33. The maximum atomic E-state index is 14.2. The Morgan fingerprint density at radius 1 is 0.291 bits per heavy atom. The van der Waals surface area contributed by atoms with E-state index in [-0.39, 0.29) is 18.2 Å². The highest BCUT2D eigenvalue weighted by Crippen LogP contribution is 2.25. The number of carbonyl (C=O) groups is 15. The molecule has 0 spiro atoms. The molecule has 0 radical (unpaired) electrons. The molecule has 0 unspecified atom stereocenters. The molecule has 0 aromatic heterocycles. The Kier molecular flexibility index (Phi) is 69.1. The van der Waals surface area contributed by atoms with Gasteiger partial charge in [0.1, 0.15) is 13.2 Å². The molecule has 726 valence electrons. The van der Waals surface area contributed by atoms with Crippen LogP contribution in [0.1, 0.15) is 281 Å². The lowest BCUT2D eigenvalue weighted by molar-refractivity contribution is -0.203. The van der Waals surface area contributed by atoms with Crippen molar-refractivity contribution in [3.63, 3.8) is 0 Å². The largest absolute Gasteiger partial charge is 0.462 e. The van der Waals surface area contributed by atoms with Gasteiger partial charge in [-0.15, -0.1) is 0 Å². The van der Waals surface area contributed by atoms with E-state index in [0.29, 0.717) is 39.0 Å². The smallest absolute Gasteiger partial charge is 0.376 e. The molecule has 0 aliphatic heterocycles. The lowest BCUT2D eigenvalue weighted by Crippen LogP contribution is -2.58. The quantitative estimate of drug-likeness (QED) is 0.0154. The number of nitrogens with zero attached hydrogens (tertiary/aromatic N) is 3. The van der Waals surface area contributed by atoms with E-state index in [4.69, 9.17) is 47.4 Å². The topological polar surface area (TPSA) is 511 Å². The van der Waals surface area contributed by atoms with Crippen molar-refractivity contribution in [3.05, 3.63) is 0 Å². The third kappa shape index (κ3) is 65.2. The first-order valence-electron chi connectivity index (χ1n) is 45.9. The minimum atomic E-state index is -2.21. The maximum absolute atomic E-state index is 14.2. The summed E-state index contributed by atoms with van der Waals surface area (Å²) in [5, 5.41) is 57.5. The monoisotopic (exact) mass is 1810 g/mol. The second kappa shape index (κ2) is 73.7. The van der Waals surface area contributed by atoms with Crippen molar-refractivity contribution in [3.8, 4) is 0 Å². The van der Waals surface area contributed by atoms with Crippen LogP contribution in [-0.2, 0) is 119 Å². The summed E-state index contributed by atoms with van der Waals surface area (Å²) in [5.41, 5.74) is 0. The molecule has 0 aliphatic carbocycles. The highest BCUT2D eigenvalue weighted by Gasteiger charge is 2.49. The van der Waals surface area contributed by atoms with Gasteiger partial charge in [0, 0.05) is 128 Å². The Labute approximate surface area is 754 Å². The summed E-state index contributed by atoms with van der Waals surface area (Å²) in [6, 6.07) is 0. The molecular formula is C85H155B4N9O29. The van der Waals surface area contributed by atoms with Crippen molar-refractivity contribution in [1.82, 2.24) is 46.2 Å². The zero-order chi connectivity index (χ0) is 95.4. The Balaban J connectivity index is 5.33. The standard InChI is InChI=1S/C85H155B4N9O29/c1-62(99)118-60-73(120-64(3)101)78(122-66(5)103)80(124-68(7)105)82(126-70(9)107)84(112)92-52-56-96(57-53-93-85(113)83(127-71(10)108)81(125-69(8)106)79(123-67(6)104)74(121-65(4)102)61-119-63(2)100)77(111)47-46-76(110)91-49-38-34-31-29-27-25-23-21-19-17-15-16-18-20-22-24-26-28-30-32-37-45-75(109)90-48-39-35-33-36-44-72(58-97(88(13)116)54-42-40-50-94-86(11)114)59-98(89(14)117)55-43-41-51-95-87(12)115/h72-74,78-83,94-95,114-117H,15-61H2,1-14H3,(H,90,109)(H,91,110)(H,92,112)(H,93,113)/t73-,74+,78+,79-,80-,81-,82+,83-/m0/s1. The second-order valence-corrected chi connectivity index (χ2v) is 32.6. The first-order chi connectivity index (χ1) is 60.2. The Morgan fingerprint density at radius 2 is 0.583 bits per heavy atom. The van der Waals surface area contributed by atoms with Crippen LogP contribution >= 0.6 is 0 Å². The first kappa shape index (κ1) is 119.